The van der Waals surface area contributed by atoms with Gasteiger partial charge in [0.1, 0.15) is 0 Å². The van der Waals surface area contributed by atoms with Crippen molar-refractivity contribution in [1.82, 2.24) is 4.90 Å². The van der Waals surface area contributed by atoms with Gasteiger partial charge in [0.2, 0.25) is 0 Å². The maximum Gasteiger partial charge on any atom is 0.337 e. The summed E-state index contributed by atoms with van der Waals surface area (Å²) in [6, 6.07) is 11.8. The lowest BCUT2D eigenvalue weighted by molar-refractivity contribution is 0.0698. The van der Waals surface area contributed by atoms with Crippen LogP contribution in [0.15, 0.2) is 42.5 Å². The number of carbonyl (C=O) groups excluding carboxylic acids is 1. The van der Waals surface area contributed by atoms with Crippen LogP contribution in [0.1, 0.15) is 34.1 Å². The van der Waals surface area contributed by atoms with Crippen molar-refractivity contribution in [3.63, 3.8) is 0 Å². The van der Waals surface area contributed by atoms with Gasteiger partial charge in [0, 0.05) is 31.9 Å². The number of nitrogens with one attached hydrogen (secondary N) is 1. The summed E-state index contributed by atoms with van der Waals surface area (Å²) in [5.41, 5.74) is 1.47. The van der Waals surface area contributed by atoms with E-state index in [1.807, 2.05) is 6.07 Å². The van der Waals surface area contributed by atoms with Crippen molar-refractivity contribution < 1.29 is 14.7 Å². The monoisotopic (exact) mass is 401 g/mol. The van der Waals surface area contributed by atoms with Crippen molar-refractivity contribution >= 4 is 34.9 Å². The fraction of sp³-hybridized carbons (Fsp3) is 0.333. The number of nitrogens with zero attached hydrogens (tertiary/aromatic N) is 2. The summed E-state index contributed by atoms with van der Waals surface area (Å²) in [4.78, 5) is 28.9. The van der Waals surface area contributed by atoms with Crippen LogP contribution in [0.2, 0.25) is 5.02 Å². The van der Waals surface area contributed by atoms with Gasteiger partial charge in [-0.15, -0.1) is 0 Å². The van der Waals surface area contributed by atoms with Crippen LogP contribution in [0.3, 0.4) is 0 Å². The van der Waals surface area contributed by atoms with Crippen molar-refractivity contribution in [3.05, 3.63) is 58.6 Å². The lowest BCUT2D eigenvalue weighted by Gasteiger charge is -2.36. The molecule has 7 heteroatoms. The van der Waals surface area contributed by atoms with Crippen LogP contribution in [-0.2, 0) is 0 Å². The number of carboxylic acids is 1. The highest BCUT2D eigenvalue weighted by molar-refractivity contribution is 6.34. The van der Waals surface area contributed by atoms with E-state index < -0.39 is 11.9 Å². The zero-order chi connectivity index (χ0) is 20.1. The van der Waals surface area contributed by atoms with Gasteiger partial charge in [-0.2, -0.15) is 0 Å². The van der Waals surface area contributed by atoms with Crippen LogP contribution in [0.4, 0.5) is 11.4 Å². The molecule has 0 aliphatic carbocycles. The molecule has 0 bridgehead atoms. The highest BCUT2D eigenvalue weighted by atomic mass is 35.5. The van der Waals surface area contributed by atoms with E-state index in [1.54, 1.807) is 36.4 Å². The van der Waals surface area contributed by atoms with E-state index in [2.05, 4.69) is 22.0 Å². The number of halogens is 1. The van der Waals surface area contributed by atoms with Gasteiger partial charge in [-0.05, 0) is 43.3 Å². The molecule has 2 aromatic rings. The van der Waals surface area contributed by atoms with Gasteiger partial charge in [-0.25, -0.2) is 4.79 Å². The normalized spacial score (nSPS) is 14.7. The van der Waals surface area contributed by atoms with Gasteiger partial charge in [0.25, 0.3) is 5.91 Å². The molecule has 0 saturated carbocycles. The highest BCUT2D eigenvalue weighted by Gasteiger charge is 2.20. The molecule has 0 unspecified atom stereocenters. The lowest BCUT2D eigenvalue weighted by atomic mass is 10.1. The number of carboxylic acid groups (broad SMARTS) is 1. The molecule has 1 aliphatic rings. The Kier molecular flexibility index (Phi) is 6.54. The maximum atomic E-state index is 12.5. The highest BCUT2D eigenvalue weighted by Crippen LogP contribution is 2.26. The molecule has 6 nitrogen and oxygen atoms in total. The Labute approximate surface area is 169 Å². The fourth-order valence-corrected chi connectivity index (χ4v) is 3.62. The number of carbonyl (C=O) groups is 2. The van der Waals surface area contributed by atoms with Crippen LogP contribution < -0.4 is 10.2 Å². The maximum absolute atomic E-state index is 12.5. The molecule has 1 fully saturated rings. The third-order valence-corrected chi connectivity index (χ3v) is 5.21. The quantitative estimate of drug-likeness (QED) is 0.769. The third kappa shape index (κ3) is 4.64. The standard InChI is InChI=1S/C21H24ClN3O3/c1-2-9-24-10-12-25(13-11-24)15-7-8-19(17(14-15)21(27)28)23-20(26)16-5-3-4-6-18(16)22/h3-8,14H,2,9-13H2,1H3,(H,23,26)(H,27,28). The van der Waals surface area contributed by atoms with Crippen LogP contribution in [0.5, 0.6) is 0 Å². The summed E-state index contributed by atoms with van der Waals surface area (Å²) in [5.74, 6) is -1.52. The Hall–Kier alpha value is -2.57. The molecule has 1 amide bonds. The topological polar surface area (TPSA) is 72.9 Å². The number of hydrogen-bond acceptors (Lipinski definition) is 4. The zero-order valence-electron chi connectivity index (χ0n) is 15.8. The van der Waals surface area contributed by atoms with Crippen LogP contribution >= 0.6 is 11.6 Å². The first-order valence-corrected chi connectivity index (χ1v) is 9.78. The van der Waals surface area contributed by atoms with Gasteiger partial charge in [-0.3, -0.25) is 9.69 Å². The molecule has 28 heavy (non-hydrogen) atoms. The summed E-state index contributed by atoms with van der Waals surface area (Å²) in [5, 5.41) is 12.6. The minimum absolute atomic E-state index is 0.0638. The van der Waals surface area contributed by atoms with Crippen molar-refractivity contribution in [3.8, 4) is 0 Å². The number of piperazine rings is 1. The molecule has 2 aromatic carbocycles. The summed E-state index contributed by atoms with van der Waals surface area (Å²) in [6.45, 7) is 6.87. The summed E-state index contributed by atoms with van der Waals surface area (Å²) in [7, 11) is 0. The second-order valence-electron chi connectivity index (χ2n) is 6.80. The number of benzene rings is 2. The first kappa shape index (κ1) is 20.2. The van der Waals surface area contributed by atoms with Crippen molar-refractivity contribution in [2.24, 2.45) is 0 Å². The molecule has 1 heterocycles. The van der Waals surface area contributed by atoms with E-state index in [-0.39, 0.29) is 11.3 Å². The minimum atomic E-state index is -1.08. The Morgan fingerprint density at radius 2 is 1.79 bits per heavy atom. The molecule has 2 N–H and O–H groups in total. The molecular formula is C21H24ClN3O3. The number of rotatable bonds is 6. The van der Waals surface area contributed by atoms with Crippen LogP contribution in [0, 0.1) is 0 Å². The second-order valence-corrected chi connectivity index (χ2v) is 7.20. The fourth-order valence-electron chi connectivity index (χ4n) is 3.40. The number of anilines is 2. The molecule has 0 atom stereocenters. The van der Waals surface area contributed by atoms with E-state index in [0.29, 0.717) is 10.6 Å². The molecule has 0 spiro atoms. The van der Waals surface area contributed by atoms with E-state index in [0.717, 1.165) is 44.8 Å². The Balaban J connectivity index is 1.78. The smallest absolute Gasteiger partial charge is 0.337 e. The molecule has 1 aliphatic heterocycles. The Morgan fingerprint density at radius 1 is 1.07 bits per heavy atom. The predicted molar refractivity (Wildman–Crippen MR) is 112 cm³/mol. The van der Waals surface area contributed by atoms with E-state index in [9.17, 15) is 14.7 Å². The summed E-state index contributed by atoms with van der Waals surface area (Å²) >= 11 is 6.06. The Morgan fingerprint density at radius 3 is 2.43 bits per heavy atom. The van der Waals surface area contributed by atoms with E-state index in [4.69, 9.17) is 11.6 Å². The average molecular weight is 402 g/mol. The number of aromatic carboxylic acids is 1. The van der Waals surface area contributed by atoms with Crippen molar-refractivity contribution in [2.45, 2.75) is 13.3 Å². The zero-order valence-corrected chi connectivity index (χ0v) is 16.6. The molecule has 148 valence electrons. The molecule has 0 radical (unpaired) electrons. The van der Waals surface area contributed by atoms with E-state index in [1.165, 1.54) is 0 Å². The first-order chi connectivity index (χ1) is 13.5. The minimum Gasteiger partial charge on any atom is -0.478 e. The Bertz CT molecular complexity index is 864. The van der Waals surface area contributed by atoms with Crippen LogP contribution in [-0.4, -0.2) is 54.6 Å². The number of amides is 1. The average Bonchev–Trinajstić information content (AvgIpc) is 2.69. The van der Waals surface area contributed by atoms with Gasteiger partial charge in [0.05, 0.1) is 21.8 Å². The van der Waals surface area contributed by atoms with Gasteiger partial charge in [0.15, 0.2) is 0 Å². The first-order valence-electron chi connectivity index (χ1n) is 9.40. The predicted octanol–water partition coefficient (Wildman–Crippen LogP) is 3.82. The third-order valence-electron chi connectivity index (χ3n) is 4.88. The second kappa shape index (κ2) is 9.08. The molecule has 3 rings (SSSR count). The van der Waals surface area contributed by atoms with Gasteiger partial charge >= 0.3 is 5.97 Å². The largest absolute Gasteiger partial charge is 0.478 e. The van der Waals surface area contributed by atoms with Crippen molar-refractivity contribution in [1.29, 1.82) is 0 Å². The molecule has 1 saturated heterocycles. The van der Waals surface area contributed by atoms with Crippen molar-refractivity contribution in [2.75, 3.05) is 42.9 Å². The summed E-state index contributed by atoms with van der Waals surface area (Å²) in [6.07, 6.45) is 1.13. The molecule has 0 aromatic heterocycles. The van der Waals surface area contributed by atoms with Crippen LogP contribution in [0.25, 0.3) is 0 Å². The summed E-state index contributed by atoms with van der Waals surface area (Å²) < 4.78 is 0. The van der Waals surface area contributed by atoms with E-state index >= 15 is 0 Å². The molecular weight excluding hydrogens is 378 g/mol. The van der Waals surface area contributed by atoms with Gasteiger partial charge in [-0.1, -0.05) is 30.7 Å². The number of hydrogen-bond donors (Lipinski definition) is 2. The lowest BCUT2D eigenvalue weighted by Crippen LogP contribution is -2.46. The van der Waals surface area contributed by atoms with Gasteiger partial charge < -0.3 is 15.3 Å². The SMILES string of the molecule is CCCN1CCN(c2ccc(NC(=O)c3ccccc3Cl)c(C(=O)O)c2)CC1.